The van der Waals surface area contributed by atoms with Gasteiger partial charge in [-0.3, -0.25) is 14.5 Å². The average molecular weight is 478 g/mol. The standard InChI is InChI=1S/C24H26F4N4O2/c25-19-7-4-8-20(13-19)32-17-31(15-21(33)29-16-24(26,27)28)22(34)23(32)9-11-30(12-10-23)14-18-5-2-1-3-6-18/h1-8,13H,9-12,14-17H2,(H,29,33). The molecule has 4 rings (SSSR count). The molecular formula is C24H26F4N4O2. The number of benzene rings is 2. The molecule has 0 aromatic heterocycles. The molecule has 2 saturated heterocycles. The van der Waals surface area contributed by atoms with Crippen LogP contribution in [-0.4, -0.2) is 66.2 Å². The van der Waals surface area contributed by atoms with Gasteiger partial charge in [0.25, 0.3) is 0 Å². The van der Waals surface area contributed by atoms with Gasteiger partial charge in [0, 0.05) is 25.3 Å². The summed E-state index contributed by atoms with van der Waals surface area (Å²) in [6.45, 7) is 0.00738. The lowest BCUT2D eigenvalue weighted by Gasteiger charge is -2.43. The first-order chi connectivity index (χ1) is 16.2. The number of hydrogen-bond donors (Lipinski definition) is 1. The SMILES string of the molecule is O=C(CN1CN(c2cccc(F)c2)C2(CCN(Cc3ccccc3)CC2)C1=O)NCC(F)(F)F. The molecule has 2 heterocycles. The van der Waals surface area contributed by atoms with Crippen molar-refractivity contribution in [2.45, 2.75) is 31.1 Å². The van der Waals surface area contributed by atoms with Crippen molar-refractivity contribution in [1.82, 2.24) is 15.1 Å². The molecule has 2 aliphatic rings. The molecule has 2 aromatic carbocycles. The van der Waals surface area contributed by atoms with E-state index in [2.05, 4.69) is 4.90 Å². The van der Waals surface area contributed by atoms with E-state index in [0.717, 1.165) is 12.1 Å². The van der Waals surface area contributed by atoms with Crippen LogP contribution in [-0.2, 0) is 16.1 Å². The van der Waals surface area contributed by atoms with Gasteiger partial charge in [0.2, 0.25) is 11.8 Å². The van der Waals surface area contributed by atoms with Gasteiger partial charge >= 0.3 is 6.18 Å². The molecule has 0 aliphatic carbocycles. The summed E-state index contributed by atoms with van der Waals surface area (Å²) in [4.78, 5) is 30.9. The van der Waals surface area contributed by atoms with Crippen LogP contribution >= 0.6 is 0 Å². The summed E-state index contributed by atoms with van der Waals surface area (Å²) in [5.74, 6) is -1.66. The highest BCUT2D eigenvalue weighted by Gasteiger charge is 2.54. The zero-order valence-electron chi connectivity index (χ0n) is 18.5. The number of alkyl halides is 3. The molecule has 2 aromatic rings. The molecule has 182 valence electrons. The molecule has 34 heavy (non-hydrogen) atoms. The molecule has 2 fully saturated rings. The van der Waals surface area contributed by atoms with E-state index in [0.29, 0.717) is 31.6 Å². The van der Waals surface area contributed by atoms with Crippen LogP contribution in [0.4, 0.5) is 23.2 Å². The van der Waals surface area contributed by atoms with E-state index in [-0.39, 0.29) is 12.6 Å². The molecule has 2 aliphatic heterocycles. The molecule has 0 unspecified atom stereocenters. The largest absolute Gasteiger partial charge is 0.405 e. The Hall–Kier alpha value is -3.14. The first-order valence-corrected chi connectivity index (χ1v) is 11.1. The first-order valence-electron chi connectivity index (χ1n) is 11.1. The van der Waals surface area contributed by atoms with Crippen LogP contribution in [0.1, 0.15) is 18.4 Å². The molecule has 0 bridgehead atoms. The summed E-state index contributed by atoms with van der Waals surface area (Å²) in [6, 6.07) is 15.8. The Labute approximate surface area is 195 Å². The molecular weight excluding hydrogens is 452 g/mol. The lowest BCUT2D eigenvalue weighted by atomic mass is 9.85. The minimum absolute atomic E-state index is 0.000407. The fourth-order valence-electron chi connectivity index (χ4n) is 4.71. The lowest BCUT2D eigenvalue weighted by Crippen LogP contribution is -2.56. The Morgan fingerprint density at radius 1 is 1.03 bits per heavy atom. The van der Waals surface area contributed by atoms with Crippen molar-refractivity contribution >= 4 is 17.5 Å². The second kappa shape index (κ2) is 9.61. The number of carbonyl (C=O) groups is 2. The summed E-state index contributed by atoms with van der Waals surface area (Å²) in [6.07, 6.45) is -3.63. The molecule has 10 heteroatoms. The van der Waals surface area contributed by atoms with E-state index in [1.165, 1.54) is 17.0 Å². The lowest BCUT2D eigenvalue weighted by molar-refractivity contribution is -0.142. The monoisotopic (exact) mass is 478 g/mol. The predicted octanol–water partition coefficient (Wildman–Crippen LogP) is 3.15. The molecule has 1 N–H and O–H groups in total. The number of hydrogen-bond acceptors (Lipinski definition) is 4. The van der Waals surface area contributed by atoms with Crippen molar-refractivity contribution in [3.8, 4) is 0 Å². The summed E-state index contributed by atoms with van der Waals surface area (Å²) in [5, 5.41) is 1.81. The fraction of sp³-hybridized carbons (Fsp3) is 0.417. The summed E-state index contributed by atoms with van der Waals surface area (Å²) in [5.41, 5.74) is 0.676. The third kappa shape index (κ3) is 5.32. The van der Waals surface area contributed by atoms with E-state index in [4.69, 9.17) is 0 Å². The van der Waals surface area contributed by atoms with Gasteiger partial charge < -0.3 is 15.1 Å². The quantitative estimate of drug-likeness (QED) is 0.649. The highest BCUT2D eigenvalue weighted by Crippen LogP contribution is 2.39. The van der Waals surface area contributed by atoms with Crippen molar-refractivity contribution in [3.63, 3.8) is 0 Å². The van der Waals surface area contributed by atoms with E-state index >= 15 is 0 Å². The second-order valence-electron chi connectivity index (χ2n) is 8.74. The van der Waals surface area contributed by atoms with Crippen molar-refractivity contribution in [1.29, 1.82) is 0 Å². The number of amides is 2. The minimum Gasteiger partial charge on any atom is -0.345 e. The van der Waals surface area contributed by atoms with Crippen molar-refractivity contribution < 1.29 is 27.2 Å². The van der Waals surface area contributed by atoms with Crippen LogP contribution < -0.4 is 10.2 Å². The zero-order valence-corrected chi connectivity index (χ0v) is 18.5. The molecule has 1 spiro atoms. The van der Waals surface area contributed by atoms with Crippen LogP contribution in [0.2, 0.25) is 0 Å². The van der Waals surface area contributed by atoms with Crippen LogP contribution in [0.25, 0.3) is 0 Å². The third-order valence-electron chi connectivity index (χ3n) is 6.39. The second-order valence-corrected chi connectivity index (χ2v) is 8.74. The Morgan fingerprint density at radius 3 is 2.38 bits per heavy atom. The maximum atomic E-state index is 14.0. The van der Waals surface area contributed by atoms with Crippen LogP contribution in [0.15, 0.2) is 54.6 Å². The van der Waals surface area contributed by atoms with Gasteiger partial charge in [-0.25, -0.2) is 4.39 Å². The first kappa shape index (κ1) is 24.0. The Balaban J connectivity index is 1.51. The number of nitrogens with one attached hydrogen (secondary N) is 1. The number of piperidine rings is 1. The maximum absolute atomic E-state index is 14.0. The van der Waals surface area contributed by atoms with Crippen molar-refractivity contribution in [2.75, 3.05) is 37.7 Å². The summed E-state index contributed by atoms with van der Waals surface area (Å²) >= 11 is 0. The predicted molar refractivity (Wildman–Crippen MR) is 118 cm³/mol. The molecule has 6 nitrogen and oxygen atoms in total. The van der Waals surface area contributed by atoms with Crippen molar-refractivity contribution in [2.24, 2.45) is 0 Å². The number of rotatable bonds is 6. The molecule has 0 atom stereocenters. The topological polar surface area (TPSA) is 55.9 Å². The smallest absolute Gasteiger partial charge is 0.345 e. The van der Waals surface area contributed by atoms with Gasteiger partial charge in [0.05, 0.1) is 6.67 Å². The molecule has 0 radical (unpaired) electrons. The minimum atomic E-state index is -4.54. The summed E-state index contributed by atoms with van der Waals surface area (Å²) in [7, 11) is 0. The normalized spacial score (nSPS) is 18.5. The van der Waals surface area contributed by atoms with Gasteiger partial charge in [-0.15, -0.1) is 0 Å². The number of anilines is 1. The Morgan fingerprint density at radius 2 is 1.74 bits per heavy atom. The van der Waals surface area contributed by atoms with E-state index in [9.17, 15) is 27.2 Å². The zero-order chi connectivity index (χ0) is 24.3. The van der Waals surface area contributed by atoms with Crippen molar-refractivity contribution in [3.05, 3.63) is 66.0 Å². The molecule has 0 saturated carbocycles. The van der Waals surface area contributed by atoms with E-state index < -0.39 is 36.5 Å². The molecule has 2 amide bonds. The highest BCUT2D eigenvalue weighted by atomic mass is 19.4. The van der Waals surface area contributed by atoms with Gasteiger partial charge in [-0.1, -0.05) is 36.4 Å². The Bertz CT molecular complexity index is 1020. The van der Waals surface area contributed by atoms with Gasteiger partial charge in [-0.05, 0) is 36.6 Å². The van der Waals surface area contributed by atoms with Crippen LogP contribution in [0, 0.1) is 5.82 Å². The van der Waals surface area contributed by atoms with Gasteiger partial charge in [0.15, 0.2) is 0 Å². The number of nitrogens with zero attached hydrogens (tertiary/aromatic N) is 3. The number of carbonyl (C=O) groups excluding carboxylic acids is 2. The van der Waals surface area contributed by atoms with E-state index in [1.807, 2.05) is 35.6 Å². The maximum Gasteiger partial charge on any atom is 0.405 e. The fourth-order valence-corrected chi connectivity index (χ4v) is 4.71. The highest BCUT2D eigenvalue weighted by molar-refractivity contribution is 5.96. The number of likely N-dealkylation sites (tertiary alicyclic amines) is 1. The van der Waals surface area contributed by atoms with Gasteiger partial charge in [0.1, 0.15) is 24.4 Å². The average Bonchev–Trinajstić information content (AvgIpc) is 3.06. The van der Waals surface area contributed by atoms with Gasteiger partial charge in [-0.2, -0.15) is 13.2 Å². The Kier molecular flexibility index (Phi) is 6.79. The van der Waals surface area contributed by atoms with Crippen LogP contribution in [0.5, 0.6) is 0 Å². The third-order valence-corrected chi connectivity index (χ3v) is 6.39. The summed E-state index contributed by atoms with van der Waals surface area (Å²) < 4.78 is 51.4. The van der Waals surface area contributed by atoms with Crippen LogP contribution in [0.3, 0.4) is 0 Å². The number of halogens is 4. The van der Waals surface area contributed by atoms with E-state index in [1.54, 1.807) is 17.0 Å².